The van der Waals surface area contributed by atoms with Crippen LogP contribution in [0.1, 0.15) is 28.3 Å². The molecule has 3 heterocycles. The van der Waals surface area contributed by atoms with Gasteiger partial charge in [0.1, 0.15) is 10.7 Å². The number of carbonyl (C=O) groups is 1. The Kier molecular flexibility index (Phi) is 5.29. The van der Waals surface area contributed by atoms with Crippen molar-refractivity contribution in [3.63, 3.8) is 0 Å². The molecule has 0 saturated carbocycles. The molecule has 0 aromatic carbocycles. The second-order valence-electron chi connectivity index (χ2n) is 5.71. The van der Waals surface area contributed by atoms with Crippen LogP contribution in [0.4, 0.5) is 13.2 Å². The van der Waals surface area contributed by atoms with Gasteiger partial charge in [-0.2, -0.15) is 23.4 Å². The molecule has 3 aromatic rings. The Morgan fingerprint density at radius 2 is 2.07 bits per heavy atom. The van der Waals surface area contributed by atoms with Gasteiger partial charge >= 0.3 is 6.18 Å². The number of aryl methyl sites for hydroxylation is 2. The van der Waals surface area contributed by atoms with E-state index < -0.39 is 17.8 Å². The largest absolute Gasteiger partial charge is 0.433 e. The lowest BCUT2D eigenvalue weighted by Crippen LogP contribution is -2.26. The minimum absolute atomic E-state index is 0.112. The van der Waals surface area contributed by atoms with E-state index in [2.05, 4.69) is 20.5 Å². The molecule has 0 unspecified atom stereocenters. The van der Waals surface area contributed by atoms with Crippen LogP contribution >= 0.6 is 23.2 Å². The molecule has 0 bridgehead atoms. The van der Waals surface area contributed by atoms with Crippen LogP contribution in [-0.4, -0.2) is 36.8 Å². The second-order valence-corrected chi connectivity index (χ2v) is 6.52. The zero-order chi connectivity index (χ0) is 19.8. The number of aromatic nitrogens is 5. The second kappa shape index (κ2) is 7.35. The molecule has 1 amide bonds. The van der Waals surface area contributed by atoms with Crippen LogP contribution in [0.5, 0.6) is 0 Å². The highest BCUT2D eigenvalue weighted by molar-refractivity contribution is 6.36. The lowest BCUT2D eigenvalue weighted by atomic mass is 10.3. The van der Waals surface area contributed by atoms with E-state index in [1.54, 1.807) is 10.9 Å². The van der Waals surface area contributed by atoms with Crippen molar-refractivity contribution in [2.24, 2.45) is 0 Å². The van der Waals surface area contributed by atoms with E-state index in [4.69, 9.17) is 23.2 Å². The summed E-state index contributed by atoms with van der Waals surface area (Å²) < 4.78 is 41.7. The number of alkyl halides is 3. The zero-order valence-electron chi connectivity index (χ0n) is 13.9. The molecule has 0 atom stereocenters. The standard InChI is InChI=1S/C15H13Cl2F3N6O/c1-8-5-10(15(18,19)20)26-13(23-8)11(17)12(24-26)14(27)21-3-2-4-25-7-9(16)6-22-25/h5-7H,2-4H2,1H3,(H,21,27). The predicted molar refractivity (Wildman–Crippen MR) is 91.9 cm³/mol. The van der Waals surface area contributed by atoms with Crippen LogP contribution in [0.15, 0.2) is 18.5 Å². The summed E-state index contributed by atoms with van der Waals surface area (Å²) in [5, 5.41) is 10.5. The van der Waals surface area contributed by atoms with E-state index in [1.807, 2.05) is 0 Å². The first-order valence-electron chi connectivity index (χ1n) is 7.76. The van der Waals surface area contributed by atoms with Crippen molar-refractivity contribution in [2.75, 3.05) is 6.54 Å². The van der Waals surface area contributed by atoms with Gasteiger partial charge in [0.2, 0.25) is 0 Å². The quantitative estimate of drug-likeness (QED) is 0.641. The molecule has 0 saturated heterocycles. The maximum atomic E-state index is 13.2. The Morgan fingerprint density at radius 1 is 1.33 bits per heavy atom. The van der Waals surface area contributed by atoms with Gasteiger partial charge in [0.05, 0.1) is 11.2 Å². The molecule has 12 heteroatoms. The van der Waals surface area contributed by atoms with Crippen LogP contribution in [0.25, 0.3) is 5.65 Å². The Morgan fingerprint density at radius 3 is 2.70 bits per heavy atom. The molecule has 144 valence electrons. The van der Waals surface area contributed by atoms with Gasteiger partial charge in [-0.25, -0.2) is 9.50 Å². The first-order chi connectivity index (χ1) is 12.7. The van der Waals surface area contributed by atoms with E-state index in [0.29, 0.717) is 22.5 Å². The molecule has 0 aliphatic carbocycles. The average molecular weight is 421 g/mol. The lowest BCUT2D eigenvalue weighted by molar-refractivity contribution is -0.142. The van der Waals surface area contributed by atoms with E-state index in [-0.39, 0.29) is 28.6 Å². The molecule has 1 N–H and O–H groups in total. The normalized spacial score (nSPS) is 11.9. The van der Waals surface area contributed by atoms with Gasteiger partial charge in [-0.3, -0.25) is 9.48 Å². The fourth-order valence-electron chi connectivity index (χ4n) is 2.45. The highest BCUT2D eigenvalue weighted by atomic mass is 35.5. The van der Waals surface area contributed by atoms with Crippen molar-refractivity contribution in [3.8, 4) is 0 Å². The predicted octanol–water partition coefficient (Wildman–Crippen LogP) is 3.38. The van der Waals surface area contributed by atoms with Crippen molar-refractivity contribution >= 4 is 34.8 Å². The number of rotatable bonds is 5. The van der Waals surface area contributed by atoms with Crippen LogP contribution in [0.2, 0.25) is 10.0 Å². The third-order valence-corrected chi connectivity index (χ3v) is 4.16. The van der Waals surface area contributed by atoms with Gasteiger partial charge in [-0.1, -0.05) is 23.2 Å². The number of hydrogen-bond donors (Lipinski definition) is 1. The fourth-order valence-corrected chi connectivity index (χ4v) is 2.85. The van der Waals surface area contributed by atoms with Crippen LogP contribution in [-0.2, 0) is 12.7 Å². The van der Waals surface area contributed by atoms with Gasteiger partial charge in [0.25, 0.3) is 5.91 Å². The first kappa shape index (κ1) is 19.4. The number of fused-ring (bicyclic) bond motifs is 1. The molecule has 0 aliphatic rings. The van der Waals surface area contributed by atoms with Gasteiger partial charge in [0, 0.05) is 25.0 Å². The Hall–Kier alpha value is -2.33. The van der Waals surface area contributed by atoms with Gasteiger partial charge < -0.3 is 5.32 Å². The lowest BCUT2D eigenvalue weighted by Gasteiger charge is -2.09. The molecule has 0 aliphatic heterocycles. The molecule has 3 aromatic heterocycles. The van der Waals surface area contributed by atoms with Crippen LogP contribution in [0, 0.1) is 6.92 Å². The summed E-state index contributed by atoms with van der Waals surface area (Å²) in [4.78, 5) is 16.2. The van der Waals surface area contributed by atoms with Crippen molar-refractivity contribution < 1.29 is 18.0 Å². The van der Waals surface area contributed by atoms with E-state index in [1.165, 1.54) is 13.1 Å². The zero-order valence-corrected chi connectivity index (χ0v) is 15.4. The van der Waals surface area contributed by atoms with Crippen molar-refractivity contribution in [1.29, 1.82) is 0 Å². The summed E-state index contributed by atoms with van der Waals surface area (Å²) >= 11 is 11.8. The third kappa shape index (κ3) is 4.16. The highest BCUT2D eigenvalue weighted by Crippen LogP contribution is 2.32. The van der Waals surface area contributed by atoms with Gasteiger partial charge in [-0.05, 0) is 19.4 Å². The maximum absolute atomic E-state index is 13.2. The SMILES string of the molecule is Cc1cc(C(F)(F)F)n2nc(C(=O)NCCCn3cc(Cl)cn3)c(Cl)c2n1. The Bertz CT molecular complexity index is 998. The van der Waals surface area contributed by atoms with Crippen molar-refractivity contribution in [2.45, 2.75) is 26.1 Å². The Balaban J connectivity index is 1.75. The minimum Gasteiger partial charge on any atom is -0.351 e. The summed E-state index contributed by atoms with van der Waals surface area (Å²) in [5.74, 6) is -0.685. The number of nitrogens with zero attached hydrogens (tertiary/aromatic N) is 5. The minimum atomic E-state index is -4.67. The average Bonchev–Trinajstić information content (AvgIpc) is 3.14. The molecule has 27 heavy (non-hydrogen) atoms. The number of halogens is 5. The van der Waals surface area contributed by atoms with Gasteiger partial charge in [0.15, 0.2) is 11.3 Å². The number of nitrogens with one attached hydrogen (secondary N) is 1. The number of hydrogen-bond acceptors (Lipinski definition) is 4. The van der Waals surface area contributed by atoms with E-state index >= 15 is 0 Å². The molecular formula is C15H13Cl2F3N6O. The molecule has 7 nitrogen and oxygen atoms in total. The van der Waals surface area contributed by atoms with E-state index in [0.717, 1.165) is 6.07 Å². The van der Waals surface area contributed by atoms with Crippen molar-refractivity contribution in [3.05, 3.63) is 45.6 Å². The van der Waals surface area contributed by atoms with E-state index in [9.17, 15) is 18.0 Å². The number of amides is 1. The monoisotopic (exact) mass is 420 g/mol. The van der Waals surface area contributed by atoms with Crippen LogP contribution < -0.4 is 5.32 Å². The summed E-state index contributed by atoms with van der Waals surface area (Å²) in [6.45, 7) is 2.16. The van der Waals surface area contributed by atoms with Crippen LogP contribution in [0.3, 0.4) is 0 Å². The van der Waals surface area contributed by atoms with Crippen molar-refractivity contribution in [1.82, 2.24) is 29.7 Å². The summed E-state index contributed by atoms with van der Waals surface area (Å²) in [7, 11) is 0. The molecular weight excluding hydrogens is 408 g/mol. The third-order valence-electron chi connectivity index (χ3n) is 3.62. The molecule has 3 rings (SSSR count). The fraction of sp³-hybridized carbons (Fsp3) is 0.333. The first-order valence-corrected chi connectivity index (χ1v) is 8.51. The molecule has 0 fully saturated rings. The summed E-state index contributed by atoms with van der Waals surface area (Å²) in [6.07, 6.45) is -1.02. The highest BCUT2D eigenvalue weighted by Gasteiger charge is 2.36. The topological polar surface area (TPSA) is 77.1 Å². The summed E-state index contributed by atoms with van der Waals surface area (Å²) in [5.41, 5.74) is -1.48. The summed E-state index contributed by atoms with van der Waals surface area (Å²) in [6, 6.07) is 0.841. The smallest absolute Gasteiger partial charge is 0.351 e. The number of carbonyl (C=O) groups excluding carboxylic acids is 1. The van der Waals surface area contributed by atoms with Gasteiger partial charge in [-0.15, -0.1) is 0 Å². The molecule has 0 radical (unpaired) electrons. The maximum Gasteiger partial charge on any atom is 0.433 e. The molecule has 0 spiro atoms. The Labute approximate surface area is 161 Å².